The van der Waals surface area contributed by atoms with Crippen molar-refractivity contribution < 1.29 is 37.6 Å². The van der Waals surface area contributed by atoms with Crippen LogP contribution in [-0.4, -0.2) is 74.1 Å². The van der Waals surface area contributed by atoms with Gasteiger partial charge in [0.15, 0.2) is 0 Å². The molecule has 0 heterocycles. The number of esters is 1. The summed E-state index contributed by atoms with van der Waals surface area (Å²) < 4.78 is 27.0. The van der Waals surface area contributed by atoms with E-state index in [1.54, 1.807) is 6.08 Å². The summed E-state index contributed by atoms with van der Waals surface area (Å²) >= 11 is 0. The van der Waals surface area contributed by atoms with Gasteiger partial charge in [-0.2, -0.15) is 0 Å². The van der Waals surface area contributed by atoms with Crippen molar-refractivity contribution in [2.24, 2.45) is 0 Å². The normalized spacial score (nSPS) is 15.4. The van der Waals surface area contributed by atoms with Crippen LogP contribution in [0.15, 0.2) is 72.9 Å². The van der Waals surface area contributed by atoms with Gasteiger partial charge in [-0.25, -0.2) is 4.57 Å². The van der Waals surface area contributed by atoms with Gasteiger partial charge in [0.2, 0.25) is 0 Å². The highest BCUT2D eigenvalue weighted by atomic mass is 31.2. The highest BCUT2D eigenvalue weighted by molar-refractivity contribution is 7.47. The first kappa shape index (κ1) is 38.9. The van der Waals surface area contributed by atoms with Gasteiger partial charge in [-0.1, -0.05) is 92.7 Å². The molecule has 2 atom stereocenters. The number of phosphoric acid groups is 1. The molecule has 41 heavy (non-hydrogen) atoms. The number of quaternary nitrogens is 1. The Morgan fingerprint density at radius 1 is 0.756 bits per heavy atom. The summed E-state index contributed by atoms with van der Waals surface area (Å²) in [6, 6.07) is 0. The maximum Gasteiger partial charge on any atom is 0.472 e. The van der Waals surface area contributed by atoms with Crippen molar-refractivity contribution in [3.63, 3.8) is 0 Å². The Kier molecular flexibility index (Phi) is 24.3. The van der Waals surface area contributed by atoms with Gasteiger partial charge in [-0.15, -0.1) is 0 Å². The van der Waals surface area contributed by atoms with Crippen LogP contribution in [0.2, 0.25) is 0 Å². The number of phosphoric ester groups is 1. The number of hydrogen-bond donors (Lipinski definition) is 2. The van der Waals surface area contributed by atoms with Crippen LogP contribution in [0.1, 0.15) is 71.1 Å². The van der Waals surface area contributed by atoms with E-state index < -0.39 is 26.5 Å². The lowest BCUT2D eigenvalue weighted by Gasteiger charge is -2.24. The first-order valence-corrected chi connectivity index (χ1v) is 16.2. The second-order valence-electron chi connectivity index (χ2n) is 10.7. The van der Waals surface area contributed by atoms with Crippen LogP contribution in [0, 0.1) is 0 Å². The molecule has 0 bridgehead atoms. The Morgan fingerprint density at radius 3 is 1.73 bits per heavy atom. The molecule has 0 aliphatic rings. The molecule has 0 amide bonds. The monoisotopic (exact) mass is 596 g/mol. The molecule has 0 saturated carbocycles. The van der Waals surface area contributed by atoms with E-state index in [0.717, 1.165) is 25.7 Å². The van der Waals surface area contributed by atoms with Crippen molar-refractivity contribution in [1.29, 1.82) is 0 Å². The fourth-order valence-electron chi connectivity index (χ4n) is 3.11. The molecule has 0 aliphatic carbocycles. The van der Waals surface area contributed by atoms with Gasteiger partial charge in [0, 0.05) is 0 Å². The van der Waals surface area contributed by atoms with Crippen LogP contribution in [0.3, 0.4) is 0 Å². The number of carbonyl (C=O) groups is 1. The highest BCUT2D eigenvalue weighted by Gasteiger charge is 2.24. The van der Waals surface area contributed by atoms with Crippen molar-refractivity contribution >= 4 is 13.8 Å². The van der Waals surface area contributed by atoms with Gasteiger partial charge in [-0.05, 0) is 44.9 Å². The van der Waals surface area contributed by atoms with Crippen LogP contribution in [0.5, 0.6) is 0 Å². The quantitative estimate of drug-likeness (QED) is 0.0385. The Morgan fingerprint density at radius 2 is 1.24 bits per heavy atom. The van der Waals surface area contributed by atoms with E-state index in [-0.39, 0.29) is 19.6 Å². The third-order valence-electron chi connectivity index (χ3n) is 5.50. The molecule has 0 aromatic heterocycles. The van der Waals surface area contributed by atoms with E-state index in [0.29, 0.717) is 17.4 Å². The minimum Gasteiger partial charge on any atom is -0.463 e. The van der Waals surface area contributed by atoms with Crippen LogP contribution < -0.4 is 0 Å². The van der Waals surface area contributed by atoms with E-state index in [9.17, 15) is 19.4 Å². The number of unbranched alkanes of at least 4 members (excludes halogenated alkanes) is 3. The molecule has 1 unspecified atom stereocenters. The minimum atomic E-state index is -4.27. The lowest BCUT2D eigenvalue weighted by atomic mass is 10.2. The zero-order chi connectivity index (χ0) is 30.7. The van der Waals surface area contributed by atoms with Crippen molar-refractivity contribution in [3.05, 3.63) is 72.9 Å². The highest BCUT2D eigenvalue weighted by Crippen LogP contribution is 2.43. The number of nitrogens with zero attached hydrogens (tertiary/aromatic N) is 1. The predicted octanol–water partition coefficient (Wildman–Crippen LogP) is 6.99. The smallest absolute Gasteiger partial charge is 0.463 e. The molecule has 0 aromatic carbocycles. The Hall–Kier alpha value is -2.06. The number of hydrogen-bond acceptors (Lipinski definition) is 6. The summed E-state index contributed by atoms with van der Waals surface area (Å²) in [5, 5.41) is 9.83. The molecule has 0 aliphatic heterocycles. The van der Waals surface area contributed by atoms with Crippen molar-refractivity contribution in [2.45, 2.75) is 77.2 Å². The van der Waals surface area contributed by atoms with E-state index in [4.69, 9.17) is 13.8 Å². The number of likely N-dealkylation sites (N-methyl/N-ethyl adjacent to an activating group) is 1. The van der Waals surface area contributed by atoms with Gasteiger partial charge in [0.05, 0.1) is 34.2 Å². The molecule has 0 aromatic rings. The molecular formula is C32H55NO7P+. The van der Waals surface area contributed by atoms with Crippen LogP contribution in [0.25, 0.3) is 0 Å². The van der Waals surface area contributed by atoms with Gasteiger partial charge in [-0.3, -0.25) is 13.8 Å². The maximum atomic E-state index is 11.8. The number of allylic oxidation sites excluding steroid dienone is 11. The topological polar surface area (TPSA) is 102 Å². The zero-order valence-electron chi connectivity index (χ0n) is 25.7. The third-order valence-corrected chi connectivity index (χ3v) is 6.49. The van der Waals surface area contributed by atoms with Crippen LogP contribution in [0.4, 0.5) is 0 Å². The molecule has 0 fully saturated rings. The molecule has 0 spiro atoms. The number of aliphatic hydroxyl groups is 1. The second kappa shape index (κ2) is 25.6. The van der Waals surface area contributed by atoms with Crippen LogP contribution in [-0.2, 0) is 23.1 Å². The standard InChI is InChI=1S/C32H54NO7P/c1-5-6-7-8-9-10-11-12-13-14-15-16-17-18-19-20-21-22-23-24-25-26-32(35)38-29-31(34)30-40-41(36,37)39-28-27-33(2,3)4/h9-10,12-13,15-16,18-19,21-22,24-25,31,34H,5-8,11,14,17,20,23,26-30H2,1-4H3/p+1/t31-/m1/s1. The molecule has 0 saturated heterocycles. The summed E-state index contributed by atoms with van der Waals surface area (Å²) in [5.74, 6) is -0.503. The van der Waals surface area contributed by atoms with Crippen molar-refractivity contribution in [2.75, 3.05) is 47.5 Å². The van der Waals surface area contributed by atoms with Gasteiger partial charge < -0.3 is 19.2 Å². The van der Waals surface area contributed by atoms with Gasteiger partial charge >= 0.3 is 13.8 Å². The number of aliphatic hydroxyl groups excluding tert-OH is 1. The average molecular weight is 597 g/mol. The van der Waals surface area contributed by atoms with Gasteiger partial charge in [0.25, 0.3) is 0 Å². The summed E-state index contributed by atoms with van der Waals surface area (Å²) in [7, 11) is 1.50. The second-order valence-corrected chi connectivity index (χ2v) is 12.1. The van der Waals surface area contributed by atoms with E-state index in [1.165, 1.54) is 25.7 Å². The van der Waals surface area contributed by atoms with Crippen LogP contribution >= 0.6 is 7.82 Å². The molecule has 0 rings (SSSR count). The Labute approximate surface area is 249 Å². The zero-order valence-corrected chi connectivity index (χ0v) is 26.6. The van der Waals surface area contributed by atoms with Gasteiger partial charge in [0.1, 0.15) is 25.9 Å². The lowest BCUT2D eigenvalue weighted by Crippen LogP contribution is -2.37. The van der Waals surface area contributed by atoms with Crippen molar-refractivity contribution in [1.82, 2.24) is 0 Å². The van der Waals surface area contributed by atoms with E-state index in [1.807, 2.05) is 33.3 Å². The third kappa shape index (κ3) is 30.7. The SMILES string of the molecule is CCCCCC=CCC=CCC=CCC=CCC=CCC=CCC(=O)OC[C@@H](O)COP(=O)(O)OCC[N+](C)(C)C. The van der Waals surface area contributed by atoms with Crippen molar-refractivity contribution in [3.8, 4) is 0 Å². The van der Waals surface area contributed by atoms with E-state index in [2.05, 4.69) is 61.6 Å². The number of ether oxygens (including phenoxy) is 1. The molecule has 9 heteroatoms. The fourth-order valence-corrected chi connectivity index (χ4v) is 3.86. The first-order chi connectivity index (χ1) is 19.6. The maximum absolute atomic E-state index is 11.8. The summed E-state index contributed by atoms with van der Waals surface area (Å²) in [4.78, 5) is 21.4. The number of rotatable bonds is 25. The number of carbonyl (C=O) groups excluding carboxylic acids is 1. The lowest BCUT2D eigenvalue weighted by molar-refractivity contribution is -0.870. The average Bonchev–Trinajstić information content (AvgIpc) is 2.90. The first-order valence-electron chi connectivity index (χ1n) is 14.7. The molecule has 234 valence electrons. The summed E-state index contributed by atoms with van der Waals surface area (Å²) in [6.45, 7) is 1.97. The largest absolute Gasteiger partial charge is 0.472 e. The summed E-state index contributed by atoms with van der Waals surface area (Å²) in [6.07, 6.45) is 33.6. The Bertz CT molecular complexity index is 885. The minimum absolute atomic E-state index is 0.0361. The molecule has 8 nitrogen and oxygen atoms in total. The predicted molar refractivity (Wildman–Crippen MR) is 168 cm³/mol. The fraction of sp³-hybridized carbons (Fsp3) is 0.594. The summed E-state index contributed by atoms with van der Waals surface area (Å²) in [5.41, 5.74) is 0. The Balaban J connectivity index is 3.81. The molecular weight excluding hydrogens is 541 g/mol. The molecule has 2 N–H and O–H groups in total. The van der Waals surface area contributed by atoms with E-state index >= 15 is 0 Å². The molecule has 0 radical (unpaired) electrons.